The summed E-state index contributed by atoms with van der Waals surface area (Å²) in [6, 6.07) is 17.4. The lowest BCUT2D eigenvalue weighted by Crippen LogP contribution is -2.14. The monoisotopic (exact) mass is 267 g/mol. The molecule has 0 amide bonds. The first-order valence-electron chi connectivity index (χ1n) is 7.28. The van der Waals surface area contributed by atoms with Crippen molar-refractivity contribution in [3.05, 3.63) is 70.8 Å². The molecule has 0 radical (unpaired) electrons. The molecule has 0 saturated heterocycles. The predicted octanol–water partition coefficient (Wildman–Crippen LogP) is 4.54. The third kappa shape index (κ3) is 3.71. The van der Waals surface area contributed by atoms with Crippen molar-refractivity contribution in [2.45, 2.75) is 45.6 Å². The van der Waals surface area contributed by atoms with Crippen LogP contribution in [0.4, 0.5) is 0 Å². The maximum atomic E-state index is 6.32. The van der Waals surface area contributed by atoms with Gasteiger partial charge >= 0.3 is 0 Å². The van der Waals surface area contributed by atoms with Crippen molar-refractivity contribution < 1.29 is 0 Å². The van der Waals surface area contributed by atoms with Crippen molar-refractivity contribution >= 4 is 0 Å². The average Bonchev–Trinajstić information content (AvgIpc) is 2.38. The van der Waals surface area contributed by atoms with E-state index in [-0.39, 0.29) is 11.5 Å². The summed E-state index contributed by atoms with van der Waals surface area (Å²) in [7, 11) is 0. The lowest BCUT2D eigenvalue weighted by atomic mass is 9.86. The van der Waals surface area contributed by atoms with Crippen molar-refractivity contribution in [3.63, 3.8) is 0 Å². The summed E-state index contributed by atoms with van der Waals surface area (Å²) in [6.45, 7) is 8.82. The molecular formula is C19H25N. The number of hydrogen-bond donors (Lipinski definition) is 1. The van der Waals surface area contributed by atoms with Gasteiger partial charge in [-0.05, 0) is 35.4 Å². The van der Waals surface area contributed by atoms with Crippen molar-refractivity contribution in [2.24, 2.45) is 5.73 Å². The average molecular weight is 267 g/mol. The van der Waals surface area contributed by atoms with Crippen LogP contribution in [0.5, 0.6) is 0 Å². The van der Waals surface area contributed by atoms with Crippen LogP contribution in [0, 0.1) is 6.92 Å². The number of benzene rings is 2. The molecule has 0 saturated carbocycles. The smallest absolute Gasteiger partial charge is 0.0335 e. The van der Waals surface area contributed by atoms with E-state index in [1.165, 1.54) is 22.3 Å². The molecule has 2 aromatic carbocycles. The Bertz CT molecular complexity index is 561. The molecule has 0 aliphatic carbocycles. The molecule has 0 spiro atoms. The van der Waals surface area contributed by atoms with E-state index in [1.807, 2.05) is 0 Å². The van der Waals surface area contributed by atoms with Crippen LogP contribution in [-0.2, 0) is 11.8 Å². The minimum absolute atomic E-state index is 0.0652. The quantitative estimate of drug-likeness (QED) is 0.868. The predicted molar refractivity (Wildman–Crippen MR) is 87.0 cm³/mol. The van der Waals surface area contributed by atoms with Gasteiger partial charge in [-0.1, -0.05) is 74.9 Å². The summed E-state index contributed by atoms with van der Waals surface area (Å²) < 4.78 is 0. The second-order valence-corrected chi connectivity index (χ2v) is 6.67. The standard InChI is InChI=1S/C19H25N/c1-14-6-5-7-16(12-14)18(20)13-15-8-10-17(11-9-15)19(2,3)4/h5-12,18H,13,20H2,1-4H3. The van der Waals surface area contributed by atoms with E-state index in [0.717, 1.165) is 6.42 Å². The highest BCUT2D eigenvalue weighted by Gasteiger charge is 2.13. The Hall–Kier alpha value is -1.60. The van der Waals surface area contributed by atoms with E-state index >= 15 is 0 Å². The number of aryl methyl sites for hydroxylation is 1. The Labute approximate surface area is 122 Å². The number of nitrogens with two attached hydrogens (primary N) is 1. The van der Waals surface area contributed by atoms with E-state index in [4.69, 9.17) is 5.73 Å². The Morgan fingerprint density at radius 3 is 2.20 bits per heavy atom. The van der Waals surface area contributed by atoms with Crippen LogP contribution >= 0.6 is 0 Å². The molecular weight excluding hydrogens is 242 g/mol. The van der Waals surface area contributed by atoms with E-state index in [0.29, 0.717) is 0 Å². The van der Waals surface area contributed by atoms with Gasteiger partial charge in [-0.15, -0.1) is 0 Å². The normalized spacial score (nSPS) is 13.2. The van der Waals surface area contributed by atoms with Crippen molar-refractivity contribution in [1.29, 1.82) is 0 Å². The second-order valence-electron chi connectivity index (χ2n) is 6.67. The van der Waals surface area contributed by atoms with Crippen LogP contribution in [0.1, 0.15) is 49.1 Å². The summed E-state index contributed by atoms with van der Waals surface area (Å²) in [5.41, 5.74) is 11.7. The second kappa shape index (κ2) is 5.80. The van der Waals surface area contributed by atoms with Gasteiger partial charge in [-0.3, -0.25) is 0 Å². The SMILES string of the molecule is Cc1cccc(C(N)Cc2ccc(C(C)(C)C)cc2)c1. The van der Waals surface area contributed by atoms with Gasteiger partial charge in [0.15, 0.2) is 0 Å². The summed E-state index contributed by atoms with van der Waals surface area (Å²) in [5.74, 6) is 0. The third-order valence-electron chi connectivity index (χ3n) is 3.75. The highest BCUT2D eigenvalue weighted by atomic mass is 14.6. The third-order valence-corrected chi connectivity index (χ3v) is 3.75. The minimum atomic E-state index is 0.0652. The molecule has 1 unspecified atom stereocenters. The van der Waals surface area contributed by atoms with Gasteiger partial charge in [0.1, 0.15) is 0 Å². The fraction of sp³-hybridized carbons (Fsp3) is 0.368. The fourth-order valence-electron chi connectivity index (χ4n) is 2.41. The first-order chi connectivity index (χ1) is 9.36. The van der Waals surface area contributed by atoms with Gasteiger partial charge in [0.25, 0.3) is 0 Å². The van der Waals surface area contributed by atoms with Crippen molar-refractivity contribution in [1.82, 2.24) is 0 Å². The molecule has 1 nitrogen and oxygen atoms in total. The van der Waals surface area contributed by atoms with Crippen LogP contribution in [0.3, 0.4) is 0 Å². The summed E-state index contributed by atoms with van der Waals surface area (Å²) in [5, 5.41) is 0. The minimum Gasteiger partial charge on any atom is -0.324 e. The Morgan fingerprint density at radius 1 is 1.00 bits per heavy atom. The van der Waals surface area contributed by atoms with E-state index < -0.39 is 0 Å². The lowest BCUT2D eigenvalue weighted by molar-refractivity contribution is 0.589. The highest BCUT2D eigenvalue weighted by molar-refractivity contribution is 5.30. The fourth-order valence-corrected chi connectivity index (χ4v) is 2.41. The van der Waals surface area contributed by atoms with E-state index in [2.05, 4.69) is 76.2 Å². The molecule has 0 aliphatic heterocycles. The summed E-state index contributed by atoms with van der Waals surface area (Å²) in [4.78, 5) is 0. The van der Waals surface area contributed by atoms with Crippen molar-refractivity contribution in [2.75, 3.05) is 0 Å². The van der Waals surface area contributed by atoms with Gasteiger partial charge in [-0.2, -0.15) is 0 Å². The number of hydrogen-bond acceptors (Lipinski definition) is 1. The molecule has 0 fully saturated rings. The van der Waals surface area contributed by atoms with Crippen LogP contribution in [0.25, 0.3) is 0 Å². The molecule has 20 heavy (non-hydrogen) atoms. The maximum absolute atomic E-state index is 6.32. The Kier molecular flexibility index (Phi) is 4.29. The Morgan fingerprint density at radius 2 is 1.65 bits per heavy atom. The lowest BCUT2D eigenvalue weighted by Gasteiger charge is -2.19. The van der Waals surface area contributed by atoms with E-state index in [1.54, 1.807) is 0 Å². The zero-order chi connectivity index (χ0) is 14.8. The van der Waals surface area contributed by atoms with Crippen LogP contribution < -0.4 is 5.73 Å². The molecule has 0 heterocycles. The molecule has 0 aromatic heterocycles. The van der Waals surface area contributed by atoms with Gasteiger partial charge in [0.2, 0.25) is 0 Å². The summed E-state index contributed by atoms with van der Waals surface area (Å²) in [6.07, 6.45) is 0.883. The Balaban J connectivity index is 2.10. The maximum Gasteiger partial charge on any atom is 0.0335 e. The molecule has 2 rings (SSSR count). The molecule has 0 bridgehead atoms. The van der Waals surface area contributed by atoms with Gasteiger partial charge in [-0.25, -0.2) is 0 Å². The van der Waals surface area contributed by atoms with Crippen LogP contribution in [0.2, 0.25) is 0 Å². The molecule has 2 aromatic rings. The van der Waals surface area contributed by atoms with E-state index in [9.17, 15) is 0 Å². The first kappa shape index (κ1) is 14.8. The highest BCUT2D eigenvalue weighted by Crippen LogP contribution is 2.23. The van der Waals surface area contributed by atoms with Gasteiger partial charge in [0, 0.05) is 6.04 Å². The largest absolute Gasteiger partial charge is 0.324 e. The van der Waals surface area contributed by atoms with Gasteiger partial charge in [0.05, 0.1) is 0 Å². The molecule has 106 valence electrons. The molecule has 1 atom stereocenters. The molecule has 1 heteroatoms. The van der Waals surface area contributed by atoms with Crippen LogP contribution in [-0.4, -0.2) is 0 Å². The molecule has 0 aliphatic rings. The van der Waals surface area contributed by atoms with Gasteiger partial charge < -0.3 is 5.73 Å². The number of rotatable bonds is 3. The summed E-state index contributed by atoms with van der Waals surface area (Å²) >= 11 is 0. The van der Waals surface area contributed by atoms with Crippen LogP contribution in [0.15, 0.2) is 48.5 Å². The zero-order valence-corrected chi connectivity index (χ0v) is 13.0. The van der Waals surface area contributed by atoms with Crippen molar-refractivity contribution in [3.8, 4) is 0 Å². The first-order valence-corrected chi connectivity index (χ1v) is 7.28. The zero-order valence-electron chi connectivity index (χ0n) is 13.0. The topological polar surface area (TPSA) is 26.0 Å². The molecule has 2 N–H and O–H groups in total.